The van der Waals surface area contributed by atoms with Gasteiger partial charge >= 0.3 is 5.97 Å². The molecule has 0 unspecified atom stereocenters. The number of nitrogens with one attached hydrogen (secondary N) is 2. The van der Waals surface area contributed by atoms with Crippen molar-refractivity contribution in [1.82, 2.24) is 10.7 Å². The Bertz CT molecular complexity index is 1330. The van der Waals surface area contributed by atoms with Crippen molar-refractivity contribution in [2.45, 2.75) is 0 Å². The number of benzene rings is 3. The smallest absolute Gasteiger partial charge is 0.344 e. The van der Waals surface area contributed by atoms with Crippen molar-refractivity contribution in [3.8, 4) is 23.0 Å². The Kier molecular flexibility index (Phi) is 9.84. The third-order valence-electron chi connectivity index (χ3n) is 4.94. The van der Waals surface area contributed by atoms with Gasteiger partial charge in [-0.05, 0) is 76.7 Å². The minimum Gasteiger partial charge on any atom is -0.493 e. The maximum Gasteiger partial charge on any atom is 0.344 e. The Balaban J connectivity index is 1.55. The molecule has 0 spiro atoms. The maximum absolute atomic E-state index is 12.5. The molecule has 0 aliphatic heterocycles. The van der Waals surface area contributed by atoms with Gasteiger partial charge in [0.05, 0.1) is 39.7 Å². The molecule has 10 nitrogen and oxygen atoms in total. The number of nitrogens with zero attached hydrogens (tertiary/aromatic N) is 1. The summed E-state index contributed by atoms with van der Waals surface area (Å²) >= 11 is 2.06. The molecule has 192 valence electrons. The van der Waals surface area contributed by atoms with Crippen molar-refractivity contribution in [2.75, 3.05) is 27.9 Å². The molecule has 0 aliphatic carbocycles. The average molecular weight is 617 g/mol. The molecule has 0 bridgehead atoms. The summed E-state index contributed by atoms with van der Waals surface area (Å²) in [5.41, 5.74) is 3.67. The number of amides is 2. The quantitative estimate of drug-likeness (QED) is 0.118. The van der Waals surface area contributed by atoms with E-state index in [0.29, 0.717) is 33.9 Å². The topological polar surface area (TPSA) is 125 Å². The van der Waals surface area contributed by atoms with Crippen LogP contribution in [0.15, 0.2) is 65.8 Å². The molecule has 0 atom stereocenters. The van der Waals surface area contributed by atoms with Gasteiger partial charge < -0.3 is 24.3 Å². The third-order valence-corrected chi connectivity index (χ3v) is 5.88. The number of hydrogen-bond donors (Lipinski definition) is 2. The Hall–Kier alpha value is -4.13. The highest BCUT2D eigenvalue weighted by molar-refractivity contribution is 14.1. The summed E-state index contributed by atoms with van der Waals surface area (Å²) in [5, 5.41) is 6.40. The predicted octanol–water partition coefficient (Wildman–Crippen LogP) is 3.42. The second-order valence-corrected chi connectivity index (χ2v) is 8.49. The molecule has 0 fully saturated rings. The van der Waals surface area contributed by atoms with Crippen LogP contribution in [0.4, 0.5) is 0 Å². The normalized spacial score (nSPS) is 10.5. The second kappa shape index (κ2) is 13.3. The standard InChI is InChI=1S/C26H24IN3O7/c1-34-20-11-9-17(13-23(20)36-3)25(32)28-15-24(31)30-29-14-16-8-10-21(22(12-16)35-2)37-26(33)18-6-4-5-7-19(18)27/h4-14H,15H2,1-3H3,(H,28,32)(H,30,31)/b29-14-. The number of methoxy groups -OCH3 is 3. The van der Waals surface area contributed by atoms with Crippen LogP contribution in [0.25, 0.3) is 0 Å². The monoisotopic (exact) mass is 617 g/mol. The molecule has 0 radical (unpaired) electrons. The Labute approximate surface area is 227 Å². The fraction of sp³-hybridized carbons (Fsp3) is 0.154. The van der Waals surface area contributed by atoms with E-state index in [-0.39, 0.29) is 12.3 Å². The van der Waals surface area contributed by atoms with E-state index in [4.69, 9.17) is 18.9 Å². The summed E-state index contributed by atoms with van der Waals surface area (Å²) in [4.78, 5) is 36.9. The summed E-state index contributed by atoms with van der Waals surface area (Å²) in [7, 11) is 4.41. The second-order valence-electron chi connectivity index (χ2n) is 7.33. The SMILES string of the molecule is COc1ccc(C(=O)NCC(=O)N/N=C\c2ccc(OC(=O)c3ccccc3I)c(OC)c2)cc1OC. The number of rotatable bonds is 10. The van der Waals surface area contributed by atoms with Crippen LogP contribution in [-0.2, 0) is 4.79 Å². The number of hydrogen-bond acceptors (Lipinski definition) is 8. The van der Waals surface area contributed by atoms with Gasteiger partial charge in [0.15, 0.2) is 23.0 Å². The lowest BCUT2D eigenvalue weighted by molar-refractivity contribution is -0.120. The van der Waals surface area contributed by atoms with Crippen LogP contribution < -0.4 is 29.7 Å². The minimum atomic E-state index is -0.528. The van der Waals surface area contributed by atoms with E-state index in [1.165, 1.54) is 33.6 Å². The van der Waals surface area contributed by atoms with Crippen molar-refractivity contribution in [3.05, 3.63) is 80.9 Å². The van der Waals surface area contributed by atoms with Gasteiger partial charge in [0.1, 0.15) is 0 Å². The highest BCUT2D eigenvalue weighted by Gasteiger charge is 2.15. The molecule has 3 aromatic rings. The molecule has 0 aliphatic rings. The van der Waals surface area contributed by atoms with Crippen LogP contribution >= 0.6 is 22.6 Å². The molecule has 11 heteroatoms. The number of esters is 1. The zero-order valence-electron chi connectivity index (χ0n) is 20.2. The van der Waals surface area contributed by atoms with Crippen molar-refractivity contribution >= 4 is 46.6 Å². The van der Waals surface area contributed by atoms with E-state index in [0.717, 1.165) is 3.57 Å². The first kappa shape index (κ1) is 27.5. The van der Waals surface area contributed by atoms with Crippen molar-refractivity contribution in [2.24, 2.45) is 5.10 Å². The Morgan fingerprint density at radius 1 is 0.865 bits per heavy atom. The van der Waals surface area contributed by atoms with Gasteiger partial charge in [-0.3, -0.25) is 9.59 Å². The minimum absolute atomic E-state index is 0.242. The summed E-state index contributed by atoms with van der Waals surface area (Å²) in [6.45, 7) is -0.291. The lowest BCUT2D eigenvalue weighted by Gasteiger charge is -2.10. The largest absolute Gasteiger partial charge is 0.493 e. The molecular weight excluding hydrogens is 593 g/mol. The molecule has 3 rings (SSSR count). The highest BCUT2D eigenvalue weighted by Crippen LogP contribution is 2.29. The number of hydrazone groups is 1. The van der Waals surface area contributed by atoms with E-state index in [9.17, 15) is 14.4 Å². The Morgan fingerprint density at radius 3 is 2.24 bits per heavy atom. The lowest BCUT2D eigenvalue weighted by atomic mass is 10.2. The molecule has 2 amide bonds. The number of carbonyl (C=O) groups is 3. The fourth-order valence-electron chi connectivity index (χ4n) is 3.09. The summed E-state index contributed by atoms with van der Waals surface area (Å²) in [6.07, 6.45) is 1.39. The van der Waals surface area contributed by atoms with Gasteiger partial charge in [0.25, 0.3) is 11.8 Å². The molecule has 0 saturated heterocycles. The van der Waals surface area contributed by atoms with Crippen molar-refractivity contribution in [1.29, 1.82) is 0 Å². The third kappa shape index (κ3) is 7.43. The van der Waals surface area contributed by atoms with Crippen LogP contribution in [0.1, 0.15) is 26.3 Å². The van der Waals surface area contributed by atoms with Crippen LogP contribution in [0.2, 0.25) is 0 Å². The number of carbonyl (C=O) groups excluding carboxylic acids is 3. The first-order valence-corrected chi connectivity index (χ1v) is 11.9. The zero-order chi connectivity index (χ0) is 26.8. The number of halogens is 1. The van der Waals surface area contributed by atoms with E-state index in [1.54, 1.807) is 42.5 Å². The van der Waals surface area contributed by atoms with Crippen LogP contribution in [0, 0.1) is 3.57 Å². The van der Waals surface area contributed by atoms with Crippen LogP contribution in [0.3, 0.4) is 0 Å². The van der Waals surface area contributed by atoms with E-state index < -0.39 is 17.8 Å². The van der Waals surface area contributed by atoms with E-state index in [2.05, 4.69) is 38.4 Å². The van der Waals surface area contributed by atoms with Crippen LogP contribution in [0.5, 0.6) is 23.0 Å². The lowest BCUT2D eigenvalue weighted by Crippen LogP contribution is -2.34. The molecule has 2 N–H and O–H groups in total. The van der Waals surface area contributed by atoms with Crippen molar-refractivity contribution in [3.63, 3.8) is 0 Å². The summed E-state index contributed by atoms with van der Waals surface area (Å²) in [5.74, 6) is -0.0505. The molecule has 3 aromatic carbocycles. The first-order chi connectivity index (χ1) is 17.9. The van der Waals surface area contributed by atoms with Gasteiger partial charge in [-0.1, -0.05) is 12.1 Å². The highest BCUT2D eigenvalue weighted by atomic mass is 127. The van der Waals surface area contributed by atoms with E-state index in [1.807, 2.05) is 12.1 Å². The average Bonchev–Trinajstić information content (AvgIpc) is 2.92. The van der Waals surface area contributed by atoms with Gasteiger partial charge in [-0.15, -0.1) is 0 Å². The molecular formula is C26H24IN3O7. The molecule has 0 aromatic heterocycles. The van der Waals surface area contributed by atoms with Gasteiger partial charge in [-0.25, -0.2) is 10.2 Å². The van der Waals surface area contributed by atoms with Gasteiger partial charge in [0.2, 0.25) is 0 Å². The van der Waals surface area contributed by atoms with Gasteiger partial charge in [-0.2, -0.15) is 5.10 Å². The van der Waals surface area contributed by atoms with Crippen LogP contribution in [-0.4, -0.2) is 51.9 Å². The fourth-order valence-corrected chi connectivity index (χ4v) is 3.70. The van der Waals surface area contributed by atoms with Gasteiger partial charge in [0, 0.05) is 9.13 Å². The zero-order valence-corrected chi connectivity index (χ0v) is 22.4. The maximum atomic E-state index is 12.5. The van der Waals surface area contributed by atoms with E-state index >= 15 is 0 Å². The number of ether oxygens (including phenoxy) is 4. The Morgan fingerprint density at radius 2 is 1.54 bits per heavy atom. The first-order valence-electron chi connectivity index (χ1n) is 10.8. The van der Waals surface area contributed by atoms with Crippen molar-refractivity contribution < 1.29 is 33.3 Å². The summed E-state index contributed by atoms with van der Waals surface area (Å²) in [6, 6.07) is 16.6. The molecule has 0 heterocycles. The predicted molar refractivity (Wildman–Crippen MR) is 145 cm³/mol. The molecule has 37 heavy (non-hydrogen) atoms. The summed E-state index contributed by atoms with van der Waals surface area (Å²) < 4.78 is 21.9. The molecule has 0 saturated carbocycles.